The molecule has 1 fully saturated rings. The molecule has 1 aromatic heterocycles. The number of aromatic nitrogens is 1. The predicted molar refractivity (Wildman–Crippen MR) is 144 cm³/mol. The summed E-state index contributed by atoms with van der Waals surface area (Å²) in [6.45, 7) is 4.14. The van der Waals surface area contributed by atoms with Crippen molar-refractivity contribution in [2.24, 2.45) is 0 Å². The lowest BCUT2D eigenvalue weighted by atomic mass is 10.0. The first kappa shape index (κ1) is 25.9. The van der Waals surface area contributed by atoms with Crippen molar-refractivity contribution >= 4 is 34.5 Å². The van der Waals surface area contributed by atoms with E-state index in [1.54, 1.807) is 44.2 Å². The smallest absolute Gasteiger partial charge is 0.251 e. The Balaban J connectivity index is 1.39. The van der Waals surface area contributed by atoms with Crippen molar-refractivity contribution in [3.8, 4) is 11.5 Å². The van der Waals surface area contributed by atoms with Crippen LogP contribution in [-0.2, 0) is 11.3 Å². The Morgan fingerprint density at radius 1 is 1.08 bits per heavy atom. The molecule has 0 saturated carbocycles. The highest BCUT2D eigenvalue weighted by Crippen LogP contribution is 2.31. The first-order valence-corrected chi connectivity index (χ1v) is 13.5. The number of thioether (sulfide) groups is 1. The van der Waals surface area contributed by atoms with Gasteiger partial charge in [0.25, 0.3) is 5.91 Å². The van der Waals surface area contributed by atoms with Crippen LogP contribution in [0.2, 0.25) is 0 Å². The zero-order valence-corrected chi connectivity index (χ0v) is 22.1. The van der Waals surface area contributed by atoms with E-state index in [2.05, 4.69) is 40.0 Å². The third-order valence-electron chi connectivity index (χ3n) is 6.81. The lowest BCUT2D eigenvalue weighted by Crippen LogP contribution is -2.44. The quantitative estimate of drug-likeness (QED) is 0.391. The average Bonchev–Trinajstić information content (AvgIpc) is 3.28. The number of hydrogen-bond donors (Lipinski definition) is 1. The van der Waals surface area contributed by atoms with E-state index >= 15 is 0 Å². The maximum absolute atomic E-state index is 13.0. The van der Waals surface area contributed by atoms with E-state index in [1.807, 2.05) is 12.1 Å². The fourth-order valence-electron chi connectivity index (χ4n) is 4.86. The van der Waals surface area contributed by atoms with E-state index < -0.39 is 0 Å². The molecule has 1 unspecified atom stereocenters. The Kier molecular flexibility index (Phi) is 8.80. The van der Waals surface area contributed by atoms with Gasteiger partial charge in [-0.25, -0.2) is 0 Å². The molecule has 1 saturated heterocycles. The third-order valence-corrected chi connectivity index (χ3v) is 7.83. The van der Waals surface area contributed by atoms with Gasteiger partial charge in [0.05, 0.1) is 20.0 Å². The number of methoxy groups -OCH3 is 2. The SMILES string of the molecule is CCC1CCCCN1C(=O)CSc1cn(CCNC(=O)c2ccc(OC)c(OC)c2)c2ccccc12. The van der Waals surface area contributed by atoms with Gasteiger partial charge in [0.15, 0.2) is 11.5 Å². The zero-order valence-electron chi connectivity index (χ0n) is 21.3. The van der Waals surface area contributed by atoms with Crippen LogP contribution in [0.4, 0.5) is 0 Å². The molecule has 0 radical (unpaired) electrons. The average molecular weight is 510 g/mol. The lowest BCUT2D eigenvalue weighted by Gasteiger charge is -2.35. The van der Waals surface area contributed by atoms with Crippen LogP contribution < -0.4 is 14.8 Å². The minimum atomic E-state index is -0.167. The van der Waals surface area contributed by atoms with E-state index in [4.69, 9.17) is 9.47 Å². The Morgan fingerprint density at radius 3 is 2.67 bits per heavy atom. The number of benzene rings is 2. The van der Waals surface area contributed by atoms with E-state index in [-0.39, 0.29) is 11.8 Å². The second-order valence-electron chi connectivity index (χ2n) is 8.96. The van der Waals surface area contributed by atoms with Gasteiger partial charge in [0, 0.05) is 53.2 Å². The normalized spacial score (nSPS) is 15.6. The van der Waals surface area contributed by atoms with Crippen molar-refractivity contribution < 1.29 is 19.1 Å². The predicted octanol–water partition coefficient (Wildman–Crippen LogP) is 4.97. The number of piperidine rings is 1. The third kappa shape index (κ3) is 5.81. The van der Waals surface area contributed by atoms with Crippen molar-refractivity contribution in [3.63, 3.8) is 0 Å². The molecule has 0 spiro atoms. The molecular weight excluding hydrogens is 474 g/mol. The second kappa shape index (κ2) is 12.2. The molecule has 1 N–H and O–H groups in total. The van der Waals surface area contributed by atoms with Gasteiger partial charge in [0.1, 0.15) is 0 Å². The largest absolute Gasteiger partial charge is 0.493 e. The van der Waals surface area contributed by atoms with Crippen LogP contribution in [0.3, 0.4) is 0 Å². The van der Waals surface area contributed by atoms with Gasteiger partial charge in [-0.15, -0.1) is 11.8 Å². The molecule has 0 bridgehead atoms. The van der Waals surface area contributed by atoms with Crippen LogP contribution in [0.15, 0.2) is 53.6 Å². The van der Waals surface area contributed by atoms with E-state index in [0.29, 0.717) is 41.9 Å². The molecule has 3 aromatic rings. The van der Waals surface area contributed by atoms with Crippen molar-refractivity contribution in [1.82, 2.24) is 14.8 Å². The summed E-state index contributed by atoms with van der Waals surface area (Å²) in [5.74, 6) is 1.61. The van der Waals surface area contributed by atoms with E-state index in [0.717, 1.165) is 41.6 Å². The molecule has 2 heterocycles. The molecular formula is C28H35N3O4S. The molecule has 8 heteroatoms. The van der Waals surface area contributed by atoms with Gasteiger partial charge < -0.3 is 24.3 Å². The van der Waals surface area contributed by atoms with Crippen molar-refractivity contribution in [2.75, 3.05) is 33.1 Å². The van der Waals surface area contributed by atoms with Crippen LogP contribution in [0.5, 0.6) is 11.5 Å². The lowest BCUT2D eigenvalue weighted by molar-refractivity contribution is -0.132. The Morgan fingerprint density at radius 2 is 1.89 bits per heavy atom. The van der Waals surface area contributed by atoms with Crippen LogP contribution >= 0.6 is 11.8 Å². The van der Waals surface area contributed by atoms with Crippen LogP contribution in [-0.4, -0.2) is 60.4 Å². The van der Waals surface area contributed by atoms with Gasteiger partial charge in [-0.2, -0.15) is 0 Å². The number of likely N-dealkylation sites (tertiary alicyclic amines) is 1. The number of amides is 2. The maximum atomic E-state index is 13.0. The first-order chi connectivity index (χ1) is 17.5. The van der Waals surface area contributed by atoms with Crippen LogP contribution in [0, 0.1) is 0 Å². The molecule has 192 valence electrons. The number of carbonyl (C=O) groups excluding carboxylic acids is 2. The summed E-state index contributed by atoms with van der Waals surface area (Å²) in [4.78, 5) is 28.8. The summed E-state index contributed by atoms with van der Waals surface area (Å²) in [6, 6.07) is 13.7. The molecule has 0 aliphatic carbocycles. The van der Waals surface area contributed by atoms with Gasteiger partial charge in [-0.3, -0.25) is 9.59 Å². The standard InChI is InChI=1S/C28H35N3O4S/c1-4-21-9-7-8-15-31(21)27(32)19-36-26-18-30(23-11-6-5-10-22(23)26)16-14-29-28(33)20-12-13-24(34-2)25(17-20)35-3/h5-6,10-13,17-18,21H,4,7-9,14-16,19H2,1-3H3,(H,29,33). The summed E-state index contributed by atoms with van der Waals surface area (Å²) in [5, 5.41) is 4.12. The highest BCUT2D eigenvalue weighted by molar-refractivity contribution is 8.00. The van der Waals surface area contributed by atoms with Gasteiger partial charge >= 0.3 is 0 Å². The van der Waals surface area contributed by atoms with Crippen molar-refractivity contribution in [1.29, 1.82) is 0 Å². The number of carbonyl (C=O) groups is 2. The summed E-state index contributed by atoms with van der Waals surface area (Å²) in [7, 11) is 3.12. The molecule has 36 heavy (non-hydrogen) atoms. The van der Waals surface area contributed by atoms with Crippen molar-refractivity contribution in [2.45, 2.75) is 50.1 Å². The molecule has 7 nitrogen and oxygen atoms in total. The Bertz CT molecular complexity index is 1210. The molecule has 1 aliphatic heterocycles. The molecule has 4 rings (SSSR count). The zero-order chi connectivity index (χ0) is 25.5. The van der Waals surface area contributed by atoms with Crippen LogP contribution in [0.1, 0.15) is 43.0 Å². The summed E-state index contributed by atoms with van der Waals surface area (Å²) >= 11 is 1.60. The number of nitrogens with one attached hydrogen (secondary N) is 1. The van der Waals surface area contributed by atoms with E-state index in [1.165, 1.54) is 6.42 Å². The first-order valence-electron chi connectivity index (χ1n) is 12.6. The monoisotopic (exact) mass is 509 g/mol. The van der Waals surface area contributed by atoms with E-state index in [9.17, 15) is 9.59 Å². The number of rotatable bonds is 10. The highest BCUT2D eigenvalue weighted by atomic mass is 32.2. The summed E-state index contributed by atoms with van der Waals surface area (Å²) < 4.78 is 12.7. The minimum Gasteiger partial charge on any atom is -0.493 e. The Labute approximate surface area is 217 Å². The highest BCUT2D eigenvalue weighted by Gasteiger charge is 2.25. The molecule has 1 atom stereocenters. The Hall–Kier alpha value is -3.13. The fourth-order valence-corrected chi connectivity index (χ4v) is 5.83. The number of hydrogen-bond acceptors (Lipinski definition) is 5. The summed E-state index contributed by atoms with van der Waals surface area (Å²) in [6.07, 6.45) is 6.54. The minimum absolute atomic E-state index is 0.167. The molecule has 1 aliphatic rings. The number of ether oxygens (including phenoxy) is 2. The number of fused-ring (bicyclic) bond motifs is 1. The van der Waals surface area contributed by atoms with Gasteiger partial charge in [0.2, 0.25) is 5.91 Å². The molecule has 2 aromatic carbocycles. The topological polar surface area (TPSA) is 72.8 Å². The van der Waals surface area contributed by atoms with Crippen LogP contribution in [0.25, 0.3) is 10.9 Å². The maximum Gasteiger partial charge on any atom is 0.251 e. The van der Waals surface area contributed by atoms with Crippen molar-refractivity contribution in [3.05, 3.63) is 54.2 Å². The number of para-hydroxylation sites is 1. The second-order valence-corrected chi connectivity index (χ2v) is 9.98. The van der Waals surface area contributed by atoms with Gasteiger partial charge in [-0.1, -0.05) is 25.1 Å². The fraction of sp³-hybridized carbons (Fsp3) is 0.429. The van der Waals surface area contributed by atoms with Gasteiger partial charge in [-0.05, 0) is 49.9 Å². The number of nitrogens with zero attached hydrogens (tertiary/aromatic N) is 2. The molecule has 2 amide bonds. The summed E-state index contributed by atoms with van der Waals surface area (Å²) in [5.41, 5.74) is 1.61.